The number of hydrogen-bond donors (Lipinski definition) is 7. The van der Waals surface area contributed by atoms with E-state index in [1.54, 1.807) is 7.11 Å². The van der Waals surface area contributed by atoms with Crippen molar-refractivity contribution in [1.82, 2.24) is 0 Å². The van der Waals surface area contributed by atoms with Gasteiger partial charge in [0.1, 0.15) is 67.1 Å². The zero-order valence-electron chi connectivity index (χ0n) is 41.7. The van der Waals surface area contributed by atoms with Gasteiger partial charge in [0.25, 0.3) is 0 Å². The molecule has 0 aromatic heterocycles. The molecule has 21 heteroatoms. The van der Waals surface area contributed by atoms with Crippen LogP contribution in [0.15, 0.2) is 103 Å². The van der Waals surface area contributed by atoms with Crippen LogP contribution in [0.5, 0.6) is 0 Å². The molecule has 406 valence electrons. The number of aliphatic hydroxyl groups is 7. The van der Waals surface area contributed by atoms with E-state index < -0.39 is 93.0 Å². The summed E-state index contributed by atoms with van der Waals surface area (Å²) in [4.78, 5) is 0. The van der Waals surface area contributed by atoms with E-state index in [1.165, 1.54) is 21.3 Å². The number of hydrogen-bond acceptors (Lipinski definition) is 21. The molecule has 22 atom stereocenters. The molecule has 10 rings (SSSR count). The Bertz CT molecular complexity index is 1970. The predicted octanol–water partition coefficient (Wildman–Crippen LogP) is 1.76. The zero-order valence-corrected chi connectivity index (χ0v) is 41.7. The SMILES string of the molecule is C=C1[C@@H](OC)O[C@@H]2CO[C@@H](c3ccccc3)O[C@H]2[C@@H]1C.CO[C@H]1O[C@@H]2CO[C@@H](c3ccccc3)O[C@H]2[C@H](C)[C@@H]1O.CO[C@H]1O[C@@H]2CO[C@@H](c3ccccc3)O[C@H]2[C@H](O)[C@@H]1O.CO[C@H]1O[C@H](CO)[C@@H](O)[C@H](O)[C@@H]1O. The largest absolute Gasteiger partial charge is 0.394 e. The van der Waals surface area contributed by atoms with Crippen LogP contribution in [0, 0.1) is 11.8 Å². The fourth-order valence-electron chi connectivity index (χ4n) is 9.38. The maximum Gasteiger partial charge on any atom is 0.186 e. The van der Waals surface area contributed by atoms with E-state index in [-0.39, 0.29) is 55.4 Å². The summed E-state index contributed by atoms with van der Waals surface area (Å²) in [5.74, 6) is 0.0997. The first-order valence-corrected chi connectivity index (χ1v) is 24.3. The molecule has 0 amide bonds. The Kier molecular flexibility index (Phi) is 21.2. The number of aliphatic hydroxyl groups excluding tert-OH is 7. The second kappa shape index (κ2) is 27.0. The fraction of sp³-hybridized carbons (Fsp3) is 0.615. The van der Waals surface area contributed by atoms with Crippen LogP contribution < -0.4 is 0 Å². The minimum atomic E-state index is -1.36. The van der Waals surface area contributed by atoms with E-state index >= 15 is 0 Å². The summed E-state index contributed by atoms with van der Waals surface area (Å²) in [5, 5.41) is 66.8. The van der Waals surface area contributed by atoms with Gasteiger partial charge in [0.15, 0.2) is 44.0 Å². The standard InChI is InChI=1S/C16H20O4.C15H20O5.C14H18O6.C7H14O6/c1-10-11(2)15(17-3)19-13-9-18-16(20-14(10)13)12-7-5-4-6-8-12;1-9-12(16)15(17-2)19-11-8-18-14(20-13(9)11)10-6-4-3-5-7-10;1-17-14-11(16)10(15)12-9(19-14)7-18-13(20-12)8-5-3-2-4-6-8;1-12-7-6(11)5(10)4(9)3(2-8)13-7/h4-8,10,13-16H,2,9H2,1,3H3;3-7,9,11-16H,8H2,1-2H3;2-6,9-16H,7H2,1H3;3-11H,2H2,1H3/t10-,13-,14+,15+,16-;9-,11-,12+,13+,14-,15+;9-,10-,11+,12-,13-,14+;3-,4-,5+,6+,7+/m1111/s1. The van der Waals surface area contributed by atoms with Gasteiger partial charge in [-0.25, -0.2) is 0 Å². The first-order valence-electron chi connectivity index (χ1n) is 24.3. The lowest BCUT2D eigenvalue weighted by Gasteiger charge is -2.46. The molecule has 7 aliphatic heterocycles. The molecule has 0 spiro atoms. The van der Waals surface area contributed by atoms with Crippen molar-refractivity contribution >= 4 is 0 Å². The molecule has 0 aliphatic carbocycles. The van der Waals surface area contributed by atoms with Gasteiger partial charge in [0.05, 0.1) is 38.6 Å². The third-order valence-corrected chi connectivity index (χ3v) is 13.7. The maximum atomic E-state index is 10.2. The average molecular weight is 1030 g/mol. The van der Waals surface area contributed by atoms with Crippen LogP contribution in [0.1, 0.15) is 49.4 Å². The molecule has 0 radical (unpaired) electrons. The highest BCUT2D eigenvalue weighted by Gasteiger charge is 2.50. The van der Waals surface area contributed by atoms with Crippen molar-refractivity contribution < 1.29 is 102 Å². The van der Waals surface area contributed by atoms with Crippen LogP contribution in [0.2, 0.25) is 0 Å². The minimum absolute atomic E-state index is 0.0483. The molecule has 7 N–H and O–H groups in total. The first kappa shape index (κ1) is 57.3. The Labute approximate surface area is 424 Å². The topological polar surface area (TPSA) is 271 Å². The smallest absolute Gasteiger partial charge is 0.186 e. The number of benzene rings is 3. The number of ether oxygens (including phenoxy) is 14. The second-order valence-corrected chi connectivity index (χ2v) is 18.5. The van der Waals surface area contributed by atoms with E-state index in [0.29, 0.717) is 13.2 Å². The third kappa shape index (κ3) is 13.6. The second-order valence-electron chi connectivity index (χ2n) is 18.5. The van der Waals surface area contributed by atoms with Crippen LogP contribution in [-0.2, 0) is 66.3 Å². The highest BCUT2D eigenvalue weighted by molar-refractivity contribution is 5.19. The van der Waals surface area contributed by atoms with Gasteiger partial charge in [-0.3, -0.25) is 0 Å². The van der Waals surface area contributed by atoms with Crippen LogP contribution in [0.3, 0.4) is 0 Å². The summed E-state index contributed by atoms with van der Waals surface area (Å²) in [6, 6.07) is 29.2. The summed E-state index contributed by atoms with van der Waals surface area (Å²) in [5.41, 5.74) is 3.78. The van der Waals surface area contributed by atoms with Crippen molar-refractivity contribution in [1.29, 1.82) is 0 Å². The van der Waals surface area contributed by atoms with Gasteiger partial charge in [0, 0.05) is 57.0 Å². The van der Waals surface area contributed by atoms with Crippen molar-refractivity contribution in [3.05, 3.63) is 120 Å². The van der Waals surface area contributed by atoms with Gasteiger partial charge in [-0.1, -0.05) is 111 Å². The van der Waals surface area contributed by atoms with E-state index in [2.05, 4.69) is 13.5 Å². The molecule has 3 aromatic carbocycles. The summed E-state index contributed by atoms with van der Waals surface area (Å²) in [7, 11) is 5.86. The Hall–Kier alpha value is -3.44. The molecule has 21 nitrogen and oxygen atoms in total. The van der Waals surface area contributed by atoms with Crippen molar-refractivity contribution in [2.45, 2.75) is 137 Å². The highest BCUT2D eigenvalue weighted by Crippen LogP contribution is 2.40. The summed E-state index contributed by atoms with van der Waals surface area (Å²) >= 11 is 0. The highest BCUT2D eigenvalue weighted by atomic mass is 16.8. The van der Waals surface area contributed by atoms with Crippen LogP contribution >= 0.6 is 0 Å². The van der Waals surface area contributed by atoms with Gasteiger partial charge < -0.3 is 102 Å². The van der Waals surface area contributed by atoms with E-state index in [4.69, 9.17) is 71.4 Å². The summed E-state index contributed by atoms with van der Waals surface area (Å²) in [6.07, 6.45) is -13.7. The quantitative estimate of drug-likeness (QED) is 0.158. The lowest BCUT2D eigenvalue weighted by atomic mass is 9.89. The van der Waals surface area contributed by atoms with E-state index in [9.17, 15) is 30.6 Å². The van der Waals surface area contributed by atoms with Crippen molar-refractivity contribution in [2.24, 2.45) is 11.8 Å². The number of methoxy groups -OCH3 is 4. The van der Waals surface area contributed by atoms with Crippen molar-refractivity contribution in [3.63, 3.8) is 0 Å². The summed E-state index contributed by atoms with van der Waals surface area (Å²) < 4.78 is 77.1. The minimum Gasteiger partial charge on any atom is -0.394 e. The monoisotopic (exact) mass is 1030 g/mol. The molecule has 7 saturated heterocycles. The normalized spacial score (nSPS) is 41.1. The molecular weight excluding hydrogens is 961 g/mol. The molecule has 0 bridgehead atoms. The molecule has 7 heterocycles. The Balaban J connectivity index is 0.000000144. The zero-order chi connectivity index (χ0) is 52.3. The van der Waals surface area contributed by atoms with Crippen molar-refractivity contribution in [2.75, 3.05) is 54.9 Å². The average Bonchev–Trinajstić information content (AvgIpc) is 3.44. The molecule has 0 unspecified atom stereocenters. The summed E-state index contributed by atoms with van der Waals surface area (Å²) in [6.45, 7) is 8.88. The van der Waals surface area contributed by atoms with Crippen molar-refractivity contribution in [3.8, 4) is 0 Å². The van der Waals surface area contributed by atoms with Crippen LogP contribution in [0.25, 0.3) is 0 Å². The molecular formula is C52H72O21. The van der Waals surface area contributed by atoms with Gasteiger partial charge in [0.2, 0.25) is 0 Å². The molecule has 73 heavy (non-hydrogen) atoms. The molecule has 3 aromatic rings. The Morgan fingerprint density at radius 1 is 0.452 bits per heavy atom. The van der Waals surface area contributed by atoms with Gasteiger partial charge in [-0.2, -0.15) is 0 Å². The molecule has 7 aliphatic rings. The lowest BCUT2D eigenvalue weighted by Crippen LogP contribution is -2.62. The van der Waals surface area contributed by atoms with Gasteiger partial charge >= 0.3 is 0 Å². The molecule has 7 fully saturated rings. The van der Waals surface area contributed by atoms with E-state index in [0.717, 1.165) is 22.3 Å². The van der Waals surface area contributed by atoms with E-state index in [1.807, 2.05) is 97.9 Å². The maximum absolute atomic E-state index is 10.2. The fourth-order valence-corrected chi connectivity index (χ4v) is 9.38. The number of fused-ring (bicyclic) bond motifs is 3. The predicted molar refractivity (Wildman–Crippen MR) is 253 cm³/mol. The number of rotatable bonds is 8. The van der Waals surface area contributed by atoms with Gasteiger partial charge in [-0.05, 0) is 5.57 Å². The van der Waals surface area contributed by atoms with Crippen LogP contribution in [0.4, 0.5) is 0 Å². The van der Waals surface area contributed by atoms with Gasteiger partial charge in [-0.15, -0.1) is 0 Å². The first-order chi connectivity index (χ1) is 35.2. The lowest BCUT2D eigenvalue weighted by molar-refractivity contribution is -0.358. The Morgan fingerprint density at radius 3 is 1.30 bits per heavy atom. The van der Waals surface area contributed by atoms with Crippen LogP contribution in [-0.4, -0.2) is 195 Å². The Morgan fingerprint density at radius 2 is 0.849 bits per heavy atom. The third-order valence-electron chi connectivity index (χ3n) is 13.7. The molecule has 0 saturated carbocycles.